The summed E-state index contributed by atoms with van der Waals surface area (Å²) in [5.74, 6) is -1.07. The highest BCUT2D eigenvalue weighted by Crippen LogP contribution is 2.09. The van der Waals surface area contributed by atoms with Crippen LogP contribution in [0.5, 0.6) is 0 Å². The predicted octanol–water partition coefficient (Wildman–Crippen LogP) is 0.914. The molecular formula is C14H22N2O4S2. The van der Waals surface area contributed by atoms with Crippen LogP contribution in [0.4, 0.5) is 0 Å². The number of carbonyl (C=O) groups excluding carboxylic acids is 2. The molecule has 1 aliphatic heterocycles. The Labute approximate surface area is 140 Å². The van der Waals surface area contributed by atoms with Crippen LogP contribution in [-0.4, -0.2) is 78.3 Å². The van der Waals surface area contributed by atoms with Crippen molar-refractivity contribution in [3.8, 4) is 0 Å². The number of hydrogen-bond donors (Lipinski definition) is 0. The van der Waals surface area contributed by atoms with E-state index in [1.54, 1.807) is 18.7 Å². The molecule has 0 aromatic heterocycles. The van der Waals surface area contributed by atoms with Gasteiger partial charge in [0.15, 0.2) is 0 Å². The first-order valence-corrected chi connectivity index (χ1v) is 8.77. The third kappa shape index (κ3) is 7.24. The number of rotatable bonds is 6. The number of esters is 2. The van der Waals surface area contributed by atoms with E-state index in [9.17, 15) is 9.59 Å². The molecule has 1 saturated heterocycles. The summed E-state index contributed by atoms with van der Waals surface area (Å²) in [5, 5.41) is 0. The van der Waals surface area contributed by atoms with Crippen LogP contribution in [-0.2, 0) is 19.1 Å². The first-order valence-electron chi connectivity index (χ1n) is 7.13. The molecule has 0 bridgehead atoms. The van der Waals surface area contributed by atoms with Gasteiger partial charge in [0.25, 0.3) is 0 Å². The Morgan fingerprint density at radius 1 is 1.14 bits per heavy atom. The molecule has 0 aromatic carbocycles. The van der Waals surface area contributed by atoms with Crippen molar-refractivity contribution in [1.29, 1.82) is 0 Å². The highest BCUT2D eigenvalue weighted by atomic mass is 32.2. The van der Waals surface area contributed by atoms with E-state index < -0.39 is 11.9 Å². The molecule has 0 aromatic rings. The maximum atomic E-state index is 11.4. The summed E-state index contributed by atoms with van der Waals surface area (Å²) in [4.78, 5) is 26.9. The molecule has 0 aliphatic carbocycles. The van der Waals surface area contributed by atoms with Crippen molar-refractivity contribution in [2.24, 2.45) is 0 Å². The van der Waals surface area contributed by atoms with E-state index in [0.717, 1.165) is 42.7 Å². The minimum atomic E-state index is -0.541. The van der Waals surface area contributed by atoms with E-state index in [-0.39, 0.29) is 6.61 Å². The molecule has 124 valence electrons. The van der Waals surface area contributed by atoms with Gasteiger partial charge >= 0.3 is 11.9 Å². The minimum Gasteiger partial charge on any atom is -0.463 e. The van der Waals surface area contributed by atoms with Crippen molar-refractivity contribution in [3.63, 3.8) is 0 Å². The maximum absolute atomic E-state index is 11.4. The highest BCUT2D eigenvalue weighted by Gasteiger charge is 2.18. The number of carbonyl (C=O) groups is 2. The van der Waals surface area contributed by atoms with Gasteiger partial charge in [-0.3, -0.25) is 4.90 Å². The number of thiocarbonyl (C=S) groups is 1. The fourth-order valence-electron chi connectivity index (χ4n) is 1.93. The van der Waals surface area contributed by atoms with E-state index >= 15 is 0 Å². The zero-order chi connectivity index (χ0) is 16.4. The van der Waals surface area contributed by atoms with Crippen molar-refractivity contribution < 1.29 is 19.1 Å². The Morgan fingerprint density at radius 2 is 1.73 bits per heavy atom. The summed E-state index contributed by atoms with van der Waals surface area (Å²) in [5.41, 5.74) is 0. The second-order valence-electron chi connectivity index (χ2n) is 4.55. The zero-order valence-electron chi connectivity index (χ0n) is 12.9. The molecule has 6 nitrogen and oxygen atoms in total. The van der Waals surface area contributed by atoms with Crippen molar-refractivity contribution in [3.05, 3.63) is 12.2 Å². The molecule has 8 heteroatoms. The van der Waals surface area contributed by atoms with Gasteiger partial charge in [0.2, 0.25) is 0 Å². The van der Waals surface area contributed by atoms with Crippen LogP contribution in [0.3, 0.4) is 0 Å². The van der Waals surface area contributed by atoms with Crippen LogP contribution in [0.25, 0.3) is 0 Å². The predicted molar refractivity (Wildman–Crippen MR) is 90.9 cm³/mol. The minimum absolute atomic E-state index is 0.282. The second-order valence-corrected chi connectivity index (χ2v) is 5.99. The Morgan fingerprint density at radius 3 is 2.27 bits per heavy atom. The third-order valence-electron chi connectivity index (χ3n) is 3.10. The molecule has 0 spiro atoms. The fraction of sp³-hybridized carbons (Fsp3) is 0.643. The van der Waals surface area contributed by atoms with Gasteiger partial charge in [0, 0.05) is 44.9 Å². The standard InChI is InChI=1S/C14H22N2O4S2/c1-3-19-12(17)4-5-13(18)20-11-10-15-6-8-16(9-7-15)14(21)22-2/h4-5H,3,6-11H2,1-2H3/b5-4+. The van der Waals surface area contributed by atoms with Crippen molar-refractivity contribution in [2.45, 2.75) is 6.92 Å². The smallest absolute Gasteiger partial charge is 0.331 e. The van der Waals surface area contributed by atoms with E-state index in [1.165, 1.54) is 0 Å². The summed E-state index contributed by atoms with van der Waals surface area (Å²) in [6.07, 6.45) is 4.15. The Bertz CT molecular complexity index is 421. The lowest BCUT2D eigenvalue weighted by Crippen LogP contribution is -2.48. The number of hydrogen-bond acceptors (Lipinski definition) is 7. The SMILES string of the molecule is CCOC(=O)/C=C/C(=O)OCCN1CCN(C(=S)SC)CC1. The molecule has 1 heterocycles. The molecule has 1 fully saturated rings. The first-order chi connectivity index (χ1) is 10.6. The lowest BCUT2D eigenvalue weighted by atomic mass is 10.3. The summed E-state index contributed by atoms with van der Waals surface area (Å²) < 4.78 is 10.6. The van der Waals surface area contributed by atoms with Crippen LogP contribution >= 0.6 is 24.0 Å². The molecule has 0 amide bonds. The van der Waals surface area contributed by atoms with Gasteiger partial charge in [0.05, 0.1) is 6.61 Å². The third-order valence-corrected chi connectivity index (χ3v) is 4.46. The van der Waals surface area contributed by atoms with Crippen LogP contribution in [0.15, 0.2) is 12.2 Å². The molecule has 0 radical (unpaired) electrons. The number of nitrogens with zero attached hydrogens (tertiary/aromatic N) is 2. The van der Waals surface area contributed by atoms with Gasteiger partial charge in [-0.05, 0) is 13.2 Å². The van der Waals surface area contributed by atoms with E-state index in [4.69, 9.17) is 17.0 Å². The van der Waals surface area contributed by atoms with E-state index in [2.05, 4.69) is 14.5 Å². The van der Waals surface area contributed by atoms with Crippen LogP contribution in [0, 0.1) is 0 Å². The van der Waals surface area contributed by atoms with Gasteiger partial charge in [0.1, 0.15) is 10.9 Å². The topological polar surface area (TPSA) is 59.1 Å². The average Bonchev–Trinajstić information content (AvgIpc) is 2.53. The normalized spacial score (nSPS) is 15.8. The Kier molecular flexibility index (Phi) is 9.10. The van der Waals surface area contributed by atoms with Gasteiger partial charge in [-0.25, -0.2) is 9.59 Å². The number of thioether (sulfide) groups is 1. The summed E-state index contributed by atoms with van der Waals surface area (Å²) in [6.45, 7) is 6.57. The largest absolute Gasteiger partial charge is 0.463 e. The highest BCUT2D eigenvalue weighted by molar-refractivity contribution is 8.22. The van der Waals surface area contributed by atoms with Crippen LogP contribution in [0.1, 0.15) is 6.92 Å². The molecule has 0 unspecified atom stereocenters. The van der Waals surface area contributed by atoms with Gasteiger partial charge in [-0.15, -0.1) is 11.8 Å². The summed E-state index contributed by atoms with van der Waals surface area (Å²) >= 11 is 6.85. The quantitative estimate of drug-likeness (QED) is 0.400. The number of ether oxygens (including phenoxy) is 2. The van der Waals surface area contributed by atoms with E-state index in [1.807, 2.05) is 6.26 Å². The molecule has 0 atom stereocenters. The maximum Gasteiger partial charge on any atom is 0.331 e. The van der Waals surface area contributed by atoms with Gasteiger partial charge < -0.3 is 14.4 Å². The zero-order valence-corrected chi connectivity index (χ0v) is 14.6. The van der Waals surface area contributed by atoms with Crippen molar-refractivity contribution in [2.75, 3.05) is 52.2 Å². The molecule has 0 N–H and O–H groups in total. The molecular weight excluding hydrogens is 324 g/mol. The van der Waals surface area contributed by atoms with Crippen LogP contribution < -0.4 is 0 Å². The summed E-state index contributed by atoms with van der Waals surface area (Å²) in [7, 11) is 0. The average molecular weight is 346 g/mol. The van der Waals surface area contributed by atoms with Crippen LogP contribution in [0.2, 0.25) is 0 Å². The Hall–Kier alpha value is -1.12. The lowest BCUT2D eigenvalue weighted by Gasteiger charge is -2.35. The van der Waals surface area contributed by atoms with E-state index in [0.29, 0.717) is 13.2 Å². The Balaban J connectivity index is 2.16. The van der Waals surface area contributed by atoms with Crippen molar-refractivity contribution >= 4 is 40.2 Å². The van der Waals surface area contributed by atoms with Gasteiger partial charge in [-0.2, -0.15) is 0 Å². The van der Waals surface area contributed by atoms with Crippen molar-refractivity contribution in [1.82, 2.24) is 9.80 Å². The lowest BCUT2D eigenvalue weighted by molar-refractivity contribution is -0.140. The number of piperazine rings is 1. The van der Waals surface area contributed by atoms with Gasteiger partial charge in [-0.1, -0.05) is 12.2 Å². The first kappa shape index (κ1) is 18.9. The molecule has 1 aliphatic rings. The summed E-state index contributed by atoms with van der Waals surface area (Å²) in [6, 6.07) is 0. The molecule has 0 saturated carbocycles. The second kappa shape index (κ2) is 10.6. The monoisotopic (exact) mass is 346 g/mol. The molecule has 22 heavy (non-hydrogen) atoms. The molecule has 1 rings (SSSR count). The fourth-order valence-corrected chi connectivity index (χ4v) is 2.56.